The van der Waals surface area contributed by atoms with Crippen molar-refractivity contribution in [2.24, 2.45) is 0 Å². The molecular formula is C21H26N4O2. The van der Waals surface area contributed by atoms with Crippen LogP contribution in [0.4, 0.5) is 16.2 Å². The van der Waals surface area contributed by atoms with Gasteiger partial charge in [0.25, 0.3) is 5.91 Å². The van der Waals surface area contributed by atoms with Crippen molar-refractivity contribution >= 4 is 23.3 Å². The first kappa shape index (κ1) is 18.8. The molecule has 0 aliphatic carbocycles. The molecule has 27 heavy (non-hydrogen) atoms. The van der Waals surface area contributed by atoms with Crippen LogP contribution in [0.2, 0.25) is 0 Å². The second kappa shape index (κ2) is 9.07. The fraction of sp³-hybridized carbons (Fsp3) is 0.333. The van der Waals surface area contributed by atoms with Gasteiger partial charge < -0.3 is 20.9 Å². The van der Waals surface area contributed by atoms with E-state index < -0.39 is 0 Å². The van der Waals surface area contributed by atoms with E-state index in [1.807, 2.05) is 24.3 Å². The summed E-state index contributed by atoms with van der Waals surface area (Å²) in [4.78, 5) is 26.0. The van der Waals surface area contributed by atoms with Crippen molar-refractivity contribution < 1.29 is 9.59 Å². The van der Waals surface area contributed by atoms with Crippen molar-refractivity contribution in [2.75, 3.05) is 30.4 Å². The van der Waals surface area contributed by atoms with Crippen molar-refractivity contribution in [2.45, 2.75) is 25.8 Å². The molecule has 1 saturated heterocycles. The molecule has 2 aromatic carbocycles. The lowest BCUT2D eigenvalue weighted by atomic mass is 10.1. The molecule has 0 bridgehead atoms. The Balaban J connectivity index is 1.48. The topological polar surface area (TPSA) is 73.5 Å². The summed E-state index contributed by atoms with van der Waals surface area (Å²) >= 11 is 0. The van der Waals surface area contributed by atoms with Crippen LogP contribution in [0.15, 0.2) is 48.5 Å². The third kappa shape index (κ3) is 5.23. The molecule has 0 aromatic heterocycles. The Morgan fingerprint density at radius 2 is 1.59 bits per heavy atom. The number of carbonyl (C=O) groups is 2. The number of carbonyl (C=O) groups excluding carboxylic acids is 2. The highest BCUT2D eigenvalue weighted by molar-refractivity contribution is 5.94. The Bertz CT molecular complexity index is 766. The number of anilines is 2. The SMILES string of the molecule is CNC(=O)c1ccc(CNC(=O)Nc2ccc(N3CCCCC3)cc2)cc1. The number of piperidine rings is 1. The number of nitrogens with zero attached hydrogens (tertiary/aromatic N) is 1. The first-order valence-corrected chi connectivity index (χ1v) is 9.36. The quantitative estimate of drug-likeness (QED) is 0.760. The average molecular weight is 366 g/mol. The number of rotatable bonds is 5. The van der Waals surface area contributed by atoms with Gasteiger partial charge in [-0.25, -0.2) is 4.79 Å². The maximum absolute atomic E-state index is 12.1. The van der Waals surface area contributed by atoms with Crippen molar-refractivity contribution in [3.8, 4) is 0 Å². The summed E-state index contributed by atoms with van der Waals surface area (Å²) in [5.41, 5.74) is 3.50. The third-order valence-electron chi connectivity index (χ3n) is 4.74. The van der Waals surface area contributed by atoms with E-state index in [9.17, 15) is 9.59 Å². The molecule has 3 rings (SSSR count). The molecule has 3 amide bonds. The maximum Gasteiger partial charge on any atom is 0.319 e. The second-order valence-electron chi connectivity index (χ2n) is 6.68. The van der Waals surface area contributed by atoms with Crippen LogP contribution in [0, 0.1) is 0 Å². The summed E-state index contributed by atoms with van der Waals surface area (Å²) in [6.45, 7) is 2.60. The predicted octanol–water partition coefficient (Wildman–Crippen LogP) is 3.36. The first-order valence-electron chi connectivity index (χ1n) is 9.36. The molecule has 2 aromatic rings. The standard InChI is InChI=1S/C21H26N4O2/c1-22-20(26)17-7-5-16(6-8-17)15-23-21(27)24-18-9-11-19(12-10-18)25-13-3-2-4-14-25/h5-12H,2-4,13-15H2,1H3,(H,22,26)(H2,23,24,27). The Hall–Kier alpha value is -3.02. The highest BCUT2D eigenvalue weighted by Gasteiger charge is 2.11. The van der Waals surface area contributed by atoms with Crippen LogP contribution < -0.4 is 20.9 Å². The Morgan fingerprint density at radius 1 is 0.926 bits per heavy atom. The van der Waals surface area contributed by atoms with Crippen LogP contribution in [0.25, 0.3) is 0 Å². The van der Waals surface area contributed by atoms with E-state index in [-0.39, 0.29) is 11.9 Å². The predicted molar refractivity (Wildman–Crippen MR) is 108 cm³/mol. The normalized spacial score (nSPS) is 13.7. The summed E-state index contributed by atoms with van der Waals surface area (Å²) in [5, 5.41) is 8.26. The van der Waals surface area contributed by atoms with Gasteiger partial charge in [-0.05, 0) is 61.2 Å². The number of hydrogen-bond donors (Lipinski definition) is 3. The smallest absolute Gasteiger partial charge is 0.319 e. The Morgan fingerprint density at radius 3 is 2.22 bits per heavy atom. The van der Waals surface area contributed by atoms with Gasteiger partial charge in [-0.1, -0.05) is 12.1 Å². The summed E-state index contributed by atoms with van der Waals surface area (Å²) in [5.74, 6) is -0.125. The van der Waals surface area contributed by atoms with Crippen molar-refractivity contribution in [1.82, 2.24) is 10.6 Å². The van der Waals surface area contributed by atoms with Crippen molar-refractivity contribution in [3.63, 3.8) is 0 Å². The molecule has 142 valence electrons. The largest absolute Gasteiger partial charge is 0.372 e. The zero-order valence-corrected chi connectivity index (χ0v) is 15.6. The highest BCUT2D eigenvalue weighted by atomic mass is 16.2. The molecule has 6 nitrogen and oxygen atoms in total. The zero-order chi connectivity index (χ0) is 19.1. The Labute approximate surface area is 159 Å². The number of urea groups is 1. The van der Waals surface area contributed by atoms with Gasteiger partial charge in [0.05, 0.1) is 0 Å². The molecule has 1 heterocycles. The highest BCUT2D eigenvalue weighted by Crippen LogP contribution is 2.21. The monoisotopic (exact) mass is 366 g/mol. The number of nitrogens with one attached hydrogen (secondary N) is 3. The molecule has 0 atom stereocenters. The Kier molecular flexibility index (Phi) is 6.30. The van der Waals surface area contributed by atoms with E-state index >= 15 is 0 Å². The van der Waals surface area contributed by atoms with E-state index in [1.54, 1.807) is 19.2 Å². The lowest BCUT2D eigenvalue weighted by molar-refractivity contribution is 0.0963. The molecule has 0 saturated carbocycles. The van der Waals surface area contributed by atoms with Gasteiger partial charge in [-0.15, -0.1) is 0 Å². The van der Waals surface area contributed by atoms with E-state index in [0.29, 0.717) is 12.1 Å². The fourth-order valence-electron chi connectivity index (χ4n) is 3.18. The lowest BCUT2D eigenvalue weighted by Crippen LogP contribution is -2.29. The van der Waals surface area contributed by atoms with Crippen LogP contribution in [-0.2, 0) is 6.54 Å². The summed E-state index contributed by atoms with van der Waals surface area (Å²) in [6.07, 6.45) is 3.80. The van der Waals surface area contributed by atoms with Crippen LogP contribution in [-0.4, -0.2) is 32.1 Å². The van der Waals surface area contributed by atoms with E-state index in [2.05, 4.69) is 33.0 Å². The summed E-state index contributed by atoms with van der Waals surface area (Å²) < 4.78 is 0. The second-order valence-corrected chi connectivity index (χ2v) is 6.68. The van der Waals surface area contributed by atoms with Gasteiger partial charge in [0.15, 0.2) is 0 Å². The average Bonchev–Trinajstić information content (AvgIpc) is 2.73. The lowest BCUT2D eigenvalue weighted by Gasteiger charge is -2.28. The maximum atomic E-state index is 12.1. The van der Waals surface area contributed by atoms with E-state index in [4.69, 9.17) is 0 Å². The van der Waals surface area contributed by atoms with Crippen LogP contribution in [0.5, 0.6) is 0 Å². The number of amides is 3. The van der Waals surface area contributed by atoms with Crippen LogP contribution in [0.1, 0.15) is 35.2 Å². The third-order valence-corrected chi connectivity index (χ3v) is 4.74. The number of hydrogen-bond acceptors (Lipinski definition) is 3. The molecule has 3 N–H and O–H groups in total. The van der Waals surface area contributed by atoms with E-state index in [1.165, 1.54) is 24.9 Å². The first-order chi connectivity index (χ1) is 13.2. The zero-order valence-electron chi connectivity index (χ0n) is 15.6. The van der Waals surface area contributed by atoms with Crippen LogP contribution in [0.3, 0.4) is 0 Å². The van der Waals surface area contributed by atoms with Gasteiger partial charge in [0.2, 0.25) is 0 Å². The fourth-order valence-corrected chi connectivity index (χ4v) is 3.18. The summed E-state index contributed by atoms with van der Waals surface area (Å²) in [6, 6.07) is 14.9. The van der Waals surface area contributed by atoms with Gasteiger partial charge >= 0.3 is 6.03 Å². The molecule has 1 fully saturated rings. The molecule has 6 heteroatoms. The number of benzene rings is 2. The van der Waals surface area contributed by atoms with Gasteiger partial charge in [-0.2, -0.15) is 0 Å². The van der Waals surface area contributed by atoms with Crippen LogP contribution >= 0.6 is 0 Å². The van der Waals surface area contributed by atoms with Gasteiger partial charge in [0.1, 0.15) is 0 Å². The molecule has 0 spiro atoms. The van der Waals surface area contributed by atoms with Gasteiger partial charge in [0, 0.05) is 43.6 Å². The van der Waals surface area contributed by atoms with Crippen molar-refractivity contribution in [1.29, 1.82) is 0 Å². The molecule has 1 aliphatic rings. The minimum Gasteiger partial charge on any atom is -0.372 e. The molecule has 1 aliphatic heterocycles. The molecule has 0 unspecified atom stereocenters. The van der Waals surface area contributed by atoms with Crippen molar-refractivity contribution in [3.05, 3.63) is 59.7 Å². The van der Waals surface area contributed by atoms with E-state index in [0.717, 1.165) is 24.3 Å². The summed E-state index contributed by atoms with van der Waals surface area (Å²) in [7, 11) is 1.60. The molecule has 0 radical (unpaired) electrons. The van der Waals surface area contributed by atoms with Gasteiger partial charge in [-0.3, -0.25) is 4.79 Å². The minimum atomic E-state index is -0.254. The molecular weight excluding hydrogens is 340 g/mol. The minimum absolute atomic E-state index is 0.125.